The highest BCUT2D eigenvalue weighted by atomic mass is 16.5. The lowest BCUT2D eigenvalue weighted by atomic mass is 10.0. The number of aromatic nitrogens is 2. The summed E-state index contributed by atoms with van der Waals surface area (Å²) in [5, 5.41) is 0. The number of benzene rings is 4. The Bertz CT molecular complexity index is 1690. The van der Waals surface area contributed by atoms with Gasteiger partial charge in [0, 0.05) is 12.4 Å². The van der Waals surface area contributed by atoms with Gasteiger partial charge in [-0.2, -0.15) is 0 Å². The minimum atomic E-state index is 0.517. The van der Waals surface area contributed by atoms with Crippen molar-refractivity contribution in [2.45, 2.75) is 13.2 Å². The van der Waals surface area contributed by atoms with Gasteiger partial charge in [0.1, 0.15) is 0 Å². The molecule has 4 aromatic carbocycles. The fourth-order valence-corrected chi connectivity index (χ4v) is 4.65. The molecule has 0 N–H and O–H groups in total. The first-order chi connectivity index (χ1) is 20.3. The lowest BCUT2D eigenvalue weighted by Gasteiger charge is -2.07. The van der Waals surface area contributed by atoms with Crippen molar-refractivity contribution in [1.29, 1.82) is 0 Å². The average molecular weight is 531 g/mol. The van der Waals surface area contributed by atoms with Crippen LogP contribution in [0.1, 0.15) is 22.3 Å². The molecule has 0 saturated carbocycles. The molecule has 2 heterocycles. The molecule has 2 aromatic heterocycles. The fourth-order valence-electron chi connectivity index (χ4n) is 4.65. The van der Waals surface area contributed by atoms with E-state index < -0.39 is 0 Å². The van der Waals surface area contributed by atoms with E-state index in [1.54, 1.807) is 6.20 Å². The summed E-state index contributed by atoms with van der Waals surface area (Å²) in [5.74, 6) is 0. The zero-order chi connectivity index (χ0) is 27.7. The van der Waals surface area contributed by atoms with E-state index >= 15 is 0 Å². The number of pyridine rings is 2. The summed E-state index contributed by atoms with van der Waals surface area (Å²) in [6.45, 7) is 1.07. The van der Waals surface area contributed by atoms with Gasteiger partial charge in [0.25, 0.3) is 0 Å². The number of hydrogen-bond acceptors (Lipinski definition) is 3. The molecule has 0 unspecified atom stereocenters. The Hall–Kier alpha value is -5.12. The van der Waals surface area contributed by atoms with Crippen LogP contribution in [0.25, 0.3) is 45.8 Å². The second-order valence-corrected chi connectivity index (χ2v) is 9.90. The van der Waals surface area contributed by atoms with Crippen molar-refractivity contribution in [1.82, 2.24) is 9.97 Å². The Morgan fingerprint density at radius 2 is 0.951 bits per heavy atom. The maximum absolute atomic E-state index is 5.94. The molecule has 0 aliphatic heterocycles. The van der Waals surface area contributed by atoms with Gasteiger partial charge in [-0.15, -0.1) is 0 Å². The molecule has 0 fully saturated rings. The van der Waals surface area contributed by atoms with Crippen molar-refractivity contribution in [3.8, 4) is 33.6 Å². The van der Waals surface area contributed by atoms with Gasteiger partial charge in [-0.05, 0) is 62.7 Å². The van der Waals surface area contributed by atoms with Gasteiger partial charge in [-0.1, -0.05) is 127 Å². The van der Waals surface area contributed by atoms with Crippen LogP contribution in [0, 0.1) is 0 Å². The van der Waals surface area contributed by atoms with E-state index in [2.05, 4.69) is 119 Å². The summed E-state index contributed by atoms with van der Waals surface area (Å²) >= 11 is 0. The molecule has 0 bridgehead atoms. The molecule has 6 aromatic rings. The molecule has 0 atom stereocenters. The Kier molecular flexibility index (Phi) is 8.17. The normalized spacial score (nSPS) is 11.1. The molecule has 0 aliphatic carbocycles. The summed E-state index contributed by atoms with van der Waals surface area (Å²) < 4.78 is 5.94. The molecule has 3 nitrogen and oxygen atoms in total. The molecule has 0 radical (unpaired) electrons. The van der Waals surface area contributed by atoms with Crippen LogP contribution in [0.4, 0.5) is 0 Å². The second-order valence-electron chi connectivity index (χ2n) is 9.90. The van der Waals surface area contributed by atoms with Crippen molar-refractivity contribution < 1.29 is 4.74 Å². The van der Waals surface area contributed by atoms with Crippen LogP contribution >= 0.6 is 0 Å². The molecule has 0 aliphatic rings. The predicted molar refractivity (Wildman–Crippen MR) is 169 cm³/mol. The van der Waals surface area contributed by atoms with Crippen LogP contribution in [-0.4, -0.2) is 9.97 Å². The summed E-state index contributed by atoms with van der Waals surface area (Å²) in [7, 11) is 0. The quantitative estimate of drug-likeness (QED) is 0.175. The standard InChI is InChI=1S/C38H30N2O/c1-2-6-33(7-3-1)34-18-11-29(12-19-34)9-10-30-13-20-35(21-14-30)36-22-15-31(16-23-36)27-41-28-32-17-24-38(40-26-32)37-8-4-5-25-39-37/h1-26H,27-28H2/b10-9+. The lowest BCUT2D eigenvalue weighted by molar-refractivity contribution is 0.107. The smallest absolute Gasteiger partial charge is 0.0886 e. The van der Waals surface area contributed by atoms with E-state index in [9.17, 15) is 0 Å². The van der Waals surface area contributed by atoms with Crippen molar-refractivity contribution in [2.24, 2.45) is 0 Å². The Labute approximate surface area is 241 Å². The van der Waals surface area contributed by atoms with E-state index in [-0.39, 0.29) is 0 Å². The zero-order valence-electron chi connectivity index (χ0n) is 22.7. The summed E-state index contributed by atoms with van der Waals surface area (Å²) in [6.07, 6.45) is 7.94. The van der Waals surface area contributed by atoms with Crippen LogP contribution in [0.3, 0.4) is 0 Å². The molecule has 41 heavy (non-hydrogen) atoms. The van der Waals surface area contributed by atoms with Crippen molar-refractivity contribution in [3.63, 3.8) is 0 Å². The van der Waals surface area contributed by atoms with Gasteiger partial charge in [0.05, 0.1) is 24.6 Å². The predicted octanol–water partition coefficient (Wildman–Crippen LogP) is 9.36. The average Bonchev–Trinajstić information content (AvgIpc) is 3.06. The highest BCUT2D eigenvalue weighted by Gasteiger charge is 2.03. The molecule has 0 spiro atoms. The Morgan fingerprint density at radius 3 is 1.51 bits per heavy atom. The molecular formula is C38H30N2O. The molecule has 198 valence electrons. The highest BCUT2D eigenvalue weighted by Crippen LogP contribution is 2.23. The Balaban J connectivity index is 1.00. The highest BCUT2D eigenvalue weighted by molar-refractivity contribution is 5.74. The Morgan fingerprint density at radius 1 is 0.439 bits per heavy atom. The SMILES string of the molecule is C(=C\c1ccc(-c2ccc(COCc3ccc(-c4ccccn4)nc3)cc2)cc1)/c1ccc(-c2ccccc2)cc1. The maximum atomic E-state index is 5.94. The number of rotatable bonds is 9. The third-order valence-corrected chi connectivity index (χ3v) is 6.97. The molecule has 6 rings (SSSR count). The van der Waals surface area contributed by atoms with Crippen LogP contribution < -0.4 is 0 Å². The van der Waals surface area contributed by atoms with Gasteiger partial charge in [-0.25, -0.2) is 0 Å². The molecule has 3 heteroatoms. The minimum Gasteiger partial charge on any atom is -0.372 e. The lowest BCUT2D eigenvalue weighted by Crippen LogP contribution is -1.96. The first kappa shape index (κ1) is 26.1. The van der Waals surface area contributed by atoms with Crippen LogP contribution in [0.15, 0.2) is 146 Å². The largest absolute Gasteiger partial charge is 0.372 e. The minimum absolute atomic E-state index is 0.517. The van der Waals surface area contributed by atoms with Crippen molar-refractivity contribution >= 4 is 12.2 Å². The first-order valence-corrected chi connectivity index (χ1v) is 13.8. The summed E-state index contributed by atoms with van der Waals surface area (Å²) in [6, 6.07) is 46.2. The van der Waals surface area contributed by atoms with Crippen LogP contribution in [-0.2, 0) is 18.0 Å². The van der Waals surface area contributed by atoms with Crippen molar-refractivity contribution in [2.75, 3.05) is 0 Å². The molecule has 0 saturated heterocycles. The van der Waals surface area contributed by atoms with Gasteiger partial charge in [0.2, 0.25) is 0 Å². The van der Waals surface area contributed by atoms with Gasteiger partial charge in [0.15, 0.2) is 0 Å². The summed E-state index contributed by atoms with van der Waals surface area (Å²) in [4.78, 5) is 8.87. The third kappa shape index (κ3) is 6.91. The fraction of sp³-hybridized carbons (Fsp3) is 0.0526. The van der Waals surface area contributed by atoms with Crippen LogP contribution in [0.5, 0.6) is 0 Å². The topological polar surface area (TPSA) is 35.0 Å². The second kappa shape index (κ2) is 12.8. The number of nitrogens with zero attached hydrogens (tertiary/aromatic N) is 2. The van der Waals surface area contributed by atoms with Gasteiger partial charge in [-0.3, -0.25) is 9.97 Å². The molecule has 0 amide bonds. The number of hydrogen-bond donors (Lipinski definition) is 0. The molecular weight excluding hydrogens is 500 g/mol. The maximum Gasteiger partial charge on any atom is 0.0886 e. The van der Waals surface area contributed by atoms with E-state index in [0.29, 0.717) is 13.2 Å². The van der Waals surface area contributed by atoms with E-state index in [0.717, 1.165) is 22.5 Å². The van der Waals surface area contributed by atoms with Gasteiger partial charge < -0.3 is 4.74 Å². The monoisotopic (exact) mass is 530 g/mol. The van der Waals surface area contributed by atoms with Crippen molar-refractivity contribution in [3.05, 3.63) is 168 Å². The van der Waals surface area contributed by atoms with E-state index in [1.807, 2.05) is 42.6 Å². The summed E-state index contributed by atoms with van der Waals surface area (Å²) in [5.41, 5.74) is 11.1. The first-order valence-electron chi connectivity index (χ1n) is 13.8. The third-order valence-electron chi connectivity index (χ3n) is 6.97. The van der Waals surface area contributed by atoms with Crippen LogP contribution in [0.2, 0.25) is 0 Å². The van der Waals surface area contributed by atoms with Gasteiger partial charge >= 0.3 is 0 Å². The van der Waals surface area contributed by atoms with E-state index in [1.165, 1.54) is 33.4 Å². The van der Waals surface area contributed by atoms with E-state index in [4.69, 9.17) is 4.74 Å². The zero-order valence-corrected chi connectivity index (χ0v) is 22.7. The number of ether oxygens (including phenoxy) is 1.